The van der Waals surface area contributed by atoms with Crippen LogP contribution >= 0.6 is 23.2 Å². The predicted octanol–water partition coefficient (Wildman–Crippen LogP) is 3.49. The minimum atomic E-state index is -0.150. The van der Waals surface area contributed by atoms with E-state index in [2.05, 4.69) is 19.2 Å². The molecule has 0 atom stereocenters. The van der Waals surface area contributed by atoms with Crippen molar-refractivity contribution in [1.29, 1.82) is 0 Å². The van der Waals surface area contributed by atoms with Gasteiger partial charge in [0.25, 0.3) is 5.91 Å². The summed E-state index contributed by atoms with van der Waals surface area (Å²) in [6, 6.07) is 6.96. The van der Waals surface area contributed by atoms with Crippen molar-refractivity contribution >= 4 is 29.1 Å². The van der Waals surface area contributed by atoms with Gasteiger partial charge in [0.05, 0.1) is 0 Å². The number of rotatable bonds is 7. The number of hydrogen-bond acceptors (Lipinski definition) is 2. The number of carbonyl (C=O) groups is 1. The third-order valence-electron chi connectivity index (χ3n) is 2.70. The Hall–Kier alpha value is -0.930. The second kappa shape index (κ2) is 7.61. The minimum absolute atomic E-state index is 0.00648. The largest absolute Gasteiger partial charge is 0.484 e. The molecular formula is C14H19Cl2NO2. The first-order valence-electron chi connectivity index (χ1n) is 6.14. The highest BCUT2D eigenvalue weighted by Crippen LogP contribution is 2.19. The van der Waals surface area contributed by atoms with E-state index in [1.807, 2.05) is 0 Å². The Morgan fingerprint density at radius 3 is 2.79 bits per heavy atom. The van der Waals surface area contributed by atoms with Crippen LogP contribution in [0, 0.1) is 5.41 Å². The van der Waals surface area contributed by atoms with Gasteiger partial charge in [-0.25, -0.2) is 0 Å². The van der Waals surface area contributed by atoms with E-state index in [1.54, 1.807) is 24.3 Å². The molecule has 0 saturated carbocycles. The number of benzene rings is 1. The summed E-state index contributed by atoms with van der Waals surface area (Å²) >= 11 is 11.5. The average molecular weight is 304 g/mol. The first-order valence-corrected chi connectivity index (χ1v) is 7.05. The van der Waals surface area contributed by atoms with Crippen LogP contribution in [0.4, 0.5) is 0 Å². The fourth-order valence-corrected chi connectivity index (χ4v) is 2.13. The molecule has 0 saturated heterocycles. The molecule has 3 nitrogen and oxygen atoms in total. The van der Waals surface area contributed by atoms with E-state index in [1.165, 1.54) is 0 Å². The van der Waals surface area contributed by atoms with Gasteiger partial charge in [0.2, 0.25) is 0 Å². The quantitative estimate of drug-likeness (QED) is 0.783. The second-order valence-corrected chi connectivity index (χ2v) is 5.94. The Kier molecular flexibility index (Phi) is 6.46. The van der Waals surface area contributed by atoms with Crippen LogP contribution in [0.1, 0.15) is 20.3 Å². The predicted molar refractivity (Wildman–Crippen MR) is 79.1 cm³/mol. The SMILES string of the molecule is CC(C)(CCCl)CNC(=O)COc1cccc(Cl)c1. The number of hydrogen-bond donors (Lipinski definition) is 1. The average Bonchev–Trinajstić information content (AvgIpc) is 2.34. The fraction of sp³-hybridized carbons (Fsp3) is 0.500. The highest BCUT2D eigenvalue weighted by molar-refractivity contribution is 6.30. The highest BCUT2D eigenvalue weighted by Gasteiger charge is 2.18. The van der Waals surface area contributed by atoms with Crippen LogP contribution in [0.3, 0.4) is 0 Å². The lowest BCUT2D eigenvalue weighted by Gasteiger charge is -2.23. The fourth-order valence-electron chi connectivity index (χ4n) is 1.44. The van der Waals surface area contributed by atoms with Gasteiger partial charge < -0.3 is 10.1 Å². The number of nitrogens with one attached hydrogen (secondary N) is 1. The number of halogens is 2. The van der Waals surface area contributed by atoms with E-state index in [-0.39, 0.29) is 17.9 Å². The van der Waals surface area contributed by atoms with Crippen LogP contribution in [0.2, 0.25) is 5.02 Å². The summed E-state index contributed by atoms with van der Waals surface area (Å²) in [4.78, 5) is 11.7. The van der Waals surface area contributed by atoms with E-state index in [4.69, 9.17) is 27.9 Å². The summed E-state index contributed by atoms with van der Waals surface area (Å²) < 4.78 is 5.35. The van der Waals surface area contributed by atoms with E-state index in [0.29, 0.717) is 23.2 Å². The maximum Gasteiger partial charge on any atom is 0.257 e. The molecule has 1 aromatic carbocycles. The second-order valence-electron chi connectivity index (χ2n) is 5.13. The molecule has 0 unspecified atom stereocenters. The van der Waals surface area contributed by atoms with Crippen molar-refractivity contribution in [2.24, 2.45) is 5.41 Å². The van der Waals surface area contributed by atoms with Gasteiger partial charge in [0.1, 0.15) is 5.75 Å². The molecule has 0 bridgehead atoms. The standard InChI is InChI=1S/C14H19Cl2NO2/c1-14(2,6-7-15)10-17-13(18)9-19-12-5-3-4-11(16)8-12/h3-5,8H,6-7,9-10H2,1-2H3,(H,17,18). The van der Waals surface area contributed by atoms with Crippen LogP contribution in [0.15, 0.2) is 24.3 Å². The third kappa shape index (κ3) is 6.69. The van der Waals surface area contributed by atoms with E-state index in [0.717, 1.165) is 6.42 Å². The molecule has 0 aromatic heterocycles. The summed E-state index contributed by atoms with van der Waals surface area (Å²) in [5, 5.41) is 3.42. The molecule has 5 heteroatoms. The van der Waals surface area contributed by atoms with Gasteiger partial charge in [-0.15, -0.1) is 11.6 Å². The van der Waals surface area contributed by atoms with Crippen LogP contribution < -0.4 is 10.1 Å². The van der Waals surface area contributed by atoms with E-state index >= 15 is 0 Å². The zero-order valence-corrected chi connectivity index (χ0v) is 12.7. The van der Waals surface area contributed by atoms with Gasteiger partial charge >= 0.3 is 0 Å². The number of alkyl halides is 1. The molecular weight excluding hydrogens is 285 g/mol. The summed E-state index contributed by atoms with van der Waals surface area (Å²) in [6.07, 6.45) is 0.851. The monoisotopic (exact) mass is 303 g/mol. The third-order valence-corrected chi connectivity index (χ3v) is 3.13. The van der Waals surface area contributed by atoms with Gasteiger partial charge in [-0.05, 0) is 30.0 Å². The van der Waals surface area contributed by atoms with Crippen molar-refractivity contribution in [3.05, 3.63) is 29.3 Å². The van der Waals surface area contributed by atoms with E-state index in [9.17, 15) is 4.79 Å². The van der Waals surface area contributed by atoms with Crippen LogP contribution in [0.5, 0.6) is 5.75 Å². The normalized spacial score (nSPS) is 11.2. The van der Waals surface area contributed by atoms with Gasteiger partial charge in [-0.2, -0.15) is 0 Å². The molecule has 1 rings (SSSR count). The number of ether oxygens (including phenoxy) is 1. The maximum absolute atomic E-state index is 11.7. The molecule has 1 N–H and O–H groups in total. The lowest BCUT2D eigenvalue weighted by molar-refractivity contribution is -0.123. The Labute approximate surface area is 124 Å². The molecule has 0 aliphatic carbocycles. The van der Waals surface area contributed by atoms with Gasteiger partial charge in [-0.1, -0.05) is 31.5 Å². The first kappa shape index (κ1) is 16.1. The highest BCUT2D eigenvalue weighted by atomic mass is 35.5. The Balaban J connectivity index is 2.32. The van der Waals surface area contributed by atoms with E-state index < -0.39 is 0 Å². The summed E-state index contributed by atoms with van der Waals surface area (Å²) in [7, 11) is 0. The molecule has 19 heavy (non-hydrogen) atoms. The molecule has 0 radical (unpaired) electrons. The topological polar surface area (TPSA) is 38.3 Å². The van der Waals surface area contributed by atoms with Crippen LogP contribution in [0.25, 0.3) is 0 Å². The molecule has 0 spiro atoms. The smallest absolute Gasteiger partial charge is 0.257 e. The van der Waals surface area contributed by atoms with Crippen LogP contribution in [-0.2, 0) is 4.79 Å². The van der Waals surface area contributed by atoms with Gasteiger partial charge in [0.15, 0.2) is 6.61 Å². The zero-order valence-electron chi connectivity index (χ0n) is 11.2. The Morgan fingerprint density at radius 2 is 2.16 bits per heavy atom. The maximum atomic E-state index is 11.7. The number of carbonyl (C=O) groups excluding carboxylic acids is 1. The summed E-state index contributed by atoms with van der Waals surface area (Å²) in [5.74, 6) is 1.02. The molecule has 0 heterocycles. The minimum Gasteiger partial charge on any atom is -0.484 e. The molecule has 1 amide bonds. The molecule has 1 aromatic rings. The summed E-state index contributed by atoms with van der Waals surface area (Å²) in [6.45, 7) is 4.69. The molecule has 0 fully saturated rings. The van der Waals surface area contributed by atoms with Crippen molar-refractivity contribution in [2.75, 3.05) is 19.0 Å². The first-order chi connectivity index (χ1) is 8.93. The van der Waals surface area contributed by atoms with Gasteiger partial charge in [0, 0.05) is 17.4 Å². The van der Waals surface area contributed by atoms with Crippen molar-refractivity contribution in [2.45, 2.75) is 20.3 Å². The zero-order chi connectivity index (χ0) is 14.3. The number of amides is 1. The molecule has 0 aliphatic rings. The molecule has 0 aliphatic heterocycles. The lowest BCUT2D eigenvalue weighted by atomic mass is 9.90. The Morgan fingerprint density at radius 1 is 1.42 bits per heavy atom. The summed E-state index contributed by atoms with van der Waals surface area (Å²) in [5.41, 5.74) is -0.00648. The van der Waals surface area contributed by atoms with Crippen molar-refractivity contribution in [1.82, 2.24) is 5.32 Å². The van der Waals surface area contributed by atoms with Gasteiger partial charge in [-0.3, -0.25) is 4.79 Å². The molecule has 106 valence electrons. The van der Waals surface area contributed by atoms with Crippen molar-refractivity contribution in [3.8, 4) is 5.75 Å². The Bertz CT molecular complexity index is 422. The van der Waals surface area contributed by atoms with Crippen LogP contribution in [-0.4, -0.2) is 24.9 Å². The lowest BCUT2D eigenvalue weighted by Crippen LogP contribution is -2.36. The van der Waals surface area contributed by atoms with Crippen molar-refractivity contribution in [3.63, 3.8) is 0 Å². The van der Waals surface area contributed by atoms with Crippen molar-refractivity contribution < 1.29 is 9.53 Å².